The number of nitrogens with zero attached hydrogens (tertiary/aromatic N) is 1. The number of ether oxygens (including phenoxy) is 2. The van der Waals surface area contributed by atoms with Crippen molar-refractivity contribution in [2.45, 2.75) is 31.1 Å². The third kappa shape index (κ3) is 4.28. The van der Waals surface area contributed by atoms with Gasteiger partial charge in [0.25, 0.3) is 5.91 Å². The molecule has 0 bridgehead atoms. The Bertz CT molecular complexity index is 871. The summed E-state index contributed by atoms with van der Waals surface area (Å²) in [5, 5.41) is 11.8. The summed E-state index contributed by atoms with van der Waals surface area (Å²) in [6, 6.07) is 8.27. The van der Waals surface area contributed by atoms with Gasteiger partial charge < -0.3 is 19.9 Å². The number of benzene rings is 1. The van der Waals surface area contributed by atoms with Crippen LogP contribution in [0.5, 0.6) is 0 Å². The van der Waals surface area contributed by atoms with Gasteiger partial charge in [0.2, 0.25) is 12.2 Å². The van der Waals surface area contributed by atoms with Gasteiger partial charge in [0.05, 0.1) is 6.42 Å². The van der Waals surface area contributed by atoms with Crippen LogP contribution in [0.3, 0.4) is 0 Å². The van der Waals surface area contributed by atoms with Gasteiger partial charge in [-0.2, -0.15) is 0 Å². The number of fused-ring (bicyclic) bond motifs is 1. The van der Waals surface area contributed by atoms with Crippen LogP contribution < -0.4 is 5.32 Å². The first-order chi connectivity index (χ1) is 13.8. The Morgan fingerprint density at radius 2 is 2.00 bits per heavy atom. The summed E-state index contributed by atoms with van der Waals surface area (Å²) in [7, 11) is 1.28. The van der Waals surface area contributed by atoms with Crippen molar-refractivity contribution < 1.29 is 33.8 Å². The lowest BCUT2D eigenvalue weighted by Gasteiger charge is -2.49. The van der Waals surface area contributed by atoms with Gasteiger partial charge in [0.15, 0.2) is 0 Å². The maximum atomic E-state index is 12.6. The molecular weight excluding hydrogens is 400 g/mol. The average Bonchev–Trinajstić information content (AvgIpc) is 2.69. The zero-order valence-corrected chi connectivity index (χ0v) is 16.6. The molecule has 0 saturated carbocycles. The van der Waals surface area contributed by atoms with Crippen LogP contribution in [0.4, 0.5) is 0 Å². The van der Waals surface area contributed by atoms with Crippen molar-refractivity contribution in [2.75, 3.05) is 12.9 Å². The highest BCUT2D eigenvalue weighted by Gasteiger charge is 2.55. The van der Waals surface area contributed by atoms with E-state index >= 15 is 0 Å². The Morgan fingerprint density at radius 3 is 2.59 bits per heavy atom. The molecule has 29 heavy (non-hydrogen) atoms. The van der Waals surface area contributed by atoms with E-state index in [0.717, 1.165) is 10.5 Å². The van der Waals surface area contributed by atoms with Crippen LogP contribution in [0.2, 0.25) is 0 Å². The van der Waals surface area contributed by atoms with Crippen LogP contribution in [-0.4, -0.2) is 64.3 Å². The van der Waals surface area contributed by atoms with Gasteiger partial charge in [0, 0.05) is 25.4 Å². The first-order valence-corrected chi connectivity index (χ1v) is 9.82. The number of methoxy groups -OCH3 is 1. The summed E-state index contributed by atoms with van der Waals surface area (Å²) >= 11 is 1.27. The number of aliphatic carboxylic acids is 1. The SMILES string of the molecule is COC(OC(C)=O)C1=C(C(=O)O)N2C(=O)[C@H](NC(=O)Cc3ccccc3)[C@H]2SC1. The summed E-state index contributed by atoms with van der Waals surface area (Å²) in [4.78, 5) is 49.1. The lowest BCUT2D eigenvalue weighted by Crippen LogP contribution is -2.71. The normalized spacial score (nSPS) is 21.7. The fourth-order valence-electron chi connectivity index (χ4n) is 3.24. The Balaban J connectivity index is 1.75. The highest BCUT2D eigenvalue weighted by Crippen LogP contribution is 2.41. The quantitative estimate of drug-likeness (QED) is 0.372. The van der Waals surface area contributed by atoms with Crippen LogP contribution in [-0.2, 0) is 35.1 Å². The molecular formula is C19H20N2O7S. The minimum Gasteiger partial charge on any atom is -0.477 e. The van der Waals surface area contributed by atoms with Gasteiger partial charge >= 0.3 is 11.9 Å². The Kier molecular flexibility index (Phi) is 6.23. The van der Waals surface area contributed by atoms with Crippen LogP contribution in [0.25, 0.3) is 0 Å². The number of amides is 2. The maximum absolute atomic E-state index is 12.6. The van der Waals surface area contributed by atoms with Crippen molar-refractivity contribution in [1.29, 1.82) is 0 Å². The number of nitrogens with one attached hydrogen (secondary N) is 1. The van der Waals surface area contributed by atoms with Crippen molar-refractivity contribution in [2.24, 2.45) is 0 Å². The first kappa shape index (κ1) is 20.9. The minimum atomic E-state index is -1.33. The fraction of sp³-hybridized carbons (Fsp3) is 0.368. The largest absolute Gasteiger partial charge is 0.477 e. The number of rotatable bonds is 7. The van der Waals surface area contributed by atoms with Crippen LogP contribution in [0.1, 0.15) is 12.5 Å². The van der Waals surface area contributed by atoms with Gasteiger partial charge in [-0.3, -0.25) is 19.3 Å². The van der Waals surface area contributed by atoms with E-state index in [1.807, 2.05) is 18.2 Å². The number of carboxylic acid groups (broad SMARTS) is 1. The first-order valence-electron chi connectivity index (χ1n) is 8.77. The zero-order valence-electron chi connectivity index (χ0n) is 15.8. The second-order valence-electron chi connectivity index (χ2n) is 6.47. The van der Waals surface area contributed by atoms with E-state index in [1.54, 1.807) is 12.1 Å². The van der Waals surface area contributed by atoms with Crippen molar-refractivity contribution in [3.8, 4) is 0 Å². The van der Waals surface area contributed by atoms with E-state index in [2.05, 4.69) is 5.32 Å². The number of hydrogen-bond acceptors (Lipinski definition) is 7. The number of thioether (sulfide) groups is 1. The molecule has 2 amide bonds. The van der Waals surface area contributed by atoms with Crippen LogP contribution in [0, 0.1) is 0 Å². The van der Waals surface area contributed by atoms with E-state index < -0.39 is 35.6 Å². The second kappa shape index (κ2) is 8.66. The van der Waals surface area contributed by atoms with Crippen LogP contribution in [0.15, 0.2) is 41.6 Å². The molecule has 0 aromatic heterocycles. The molecule has 2 N–H and O–H groups in total. The number of carbonyl (C=O) groups excluding carboxylic acids is 3. The van der Waals surface area contributed by atoms with Crippen molar-refractivity contribution in [3.63, 3.8) is 0 Å². The average molecular weight is 420 g/mol. The molecule has 1 fully saturated rings. The predicted molar refractivity (Wildman–Crippen MR) is 102 cm³/mol. The Morgan fingerprint density at radius 1 is 1.31 bits per heavy atom. The molecule has 2 aliphatic rings. The summed E-state index contributed by atoms with van der Waals surface area (Å²) < 4.78 is 10.1. The van der Waals surface area contributed by atoms with Gasteiger partial charge in [-0.1, -0.05) is 30.3 Å². The lowest BCUT2D eigenvalue weighted by molar-refractivity contribution is -0.165. The van der Waals surface area contributed by atoms with E-state index in [1.165, 1.54) is 25.8 Å². The number of carbonyl (C=O) groups is 4. The molecule has 2 aliphatic heterocycles. The predicted octanol–water partition coefficient (Wildman–Crippen LogP) is 0.503. The number of carboxylic acids is 1. The molecule has 0 radical (unpaired) electrons. The Labute approximate surface area is 171 Å². The van der Waals surface area contributed by atoms with Crippen molar-refractivity contribution in [3.05, 3.63) is 47.2 Å². The van der Waals surface area contributed by atoms with Gasteiger partial charge in [-0.15, -0.1) is 11.8 Å². The van der Waals surface area contributed by atoms with E-state index in [-0.39, 0.29) is 29.4 Å². The molecule has 2 heterocycles. The topological polar surface area (TPSA) is 122 Å². The minimum absolute atomic E-state index is 0.118. The fourth-order valence-corrected chi connectivity index (χ4v) is 4.60. The maximum Gasteiger partial charge on any atom is 0.352 e. The summed E-state index contributed by atoms with van der Waals surface area (Å²) in [6.07, 6.45) is -1.08. The van der Waals surface area contributed by atoms with E-state index in [9.17, 15) is 24.3 Å². The molecule has 1 unspecified atom stereocenters. The molecule has 10 heteroatoms. The highest BCUT2D eigenvalue weighted by atomic mass is 32.2. The molecule has 0 spiro atoms. The zero-order chi connectivity index (χ0) is 21.1. The van der Waals surface area contributed by atoms with Crippen LogP contribution >= 0.6 is 11.8 Å². The van der Waals surface area contributed by atoms with E-state index in [0.29, 0.717) is 0 Å². The monoisotopic (exact) mass is 420 g/mol. The molecule has 1 aromatic rings. The summed E-state index contributed by atoms with van der Waals surface area (Å²) in [5.41, 5.74) is 0.710. The molecule has 154 valence electrons. The molecule has 1 aromatic carbocycles. The van der Waals surface area contributed by atoms with E-state index in [4.69, 9.17) is 9.47 Å². The van der Waals surface area contributed by atoms with Gasteiger partial charge in [0.1, 0.15) is 17.1 Å². The van der Waals surface area contributed by atoms with Gasteiger partial charge in [-0.05, 0) is 5.56 Å². The number of β-lactam (4-membered cyclic amide) rings is 1. The van der Waals surface area contributed by atoms with Crippen molar-refractivity contribution in [1.82, 2.24) is 10.2 Å². The molecule has 9 nitrogen and oxygen atoms in total. The molecule has 3 atom stereocenters. The summed E-state index contributed by atoms with van der Waals surface area (Å²) in [6.45, 7) is 1.18. The second-order valence-corrected chi connectivity index (χ2v) is 7.58. The van der Waals surface area contributed by atoms with Crippen molar-refractivity contribution >= 4 is 35.5 Å². The molecule has 0 aliphatic carbocycles. The lowest BCUT2D eigenvalue weighted by atomic mass is 10.0. The summed E-state index contributed by atoms with van der Waals surface area (Å²) in [5.74, 6) is -2.65. The molecule has 3 rings (SSSR count). The highest BCUT2D eigenvalue weighted by molar-refractivity contribution is 8.00. The van der Waals surface area contributed by atoms with Gasteiger partial charge in [-0.25, -0.2) is 4.79 Å². The third-order valence-electron chi connectivity index (χ3n) is 4.50. The smallest absolute Gasteiger partial charge is 0.352 e. The number of hydrogen-bond donors (Lipinski definition) is 2. The standard InChI is InChI=1S/C19H20N2O7S/c1-10(22)28-19(27-2)12-9-29-17-14(16(24)21(17)15(12)18(25)26)20-13(23)8-11-6-4-3-5-7-11/h3-7,14,17,19H,8-9H2,1-2H3,(H,20,23)(H,25,26)/t14-,17+,19?/m0/s1. The Hall–Kier alpha value is -2.85. The number of esters is 1. The third-order valence-corrected chi connectivity index (χ3v) is 5.80. The molecule has 1 saturated heterocycles.